The van der Waals surface area contributed by atoms with Gasteiger partial charge in [0.1, 0.15) is 0 Å². The van der Waals surface area contributed by atoms with Crippen LogP contribution in [-0.4, -0.2) is 48.1 Å². The number of carbonyl (C=O) groups is 1. The van der Waals surface area contributed by atoms with Crippen LogP contribution in [0, 0.1) is 0 Å². The van der Waals surface area contributed by atoms with E-state index < -0.39 is 0 Å². The Hall–Kier alpha value is -2.56. The van der Waals surface area contributed by atoms with Crippen LogP contribution in [-0.2, 0) is 11.3 Å². The molecule has 0 saturated carbocycles. The molecule has 0 bridgehead atoms. The third-order valence-electron chi connectivity index (χ3n) is 5.76. The molecule has 4 heteroatoms. The lowest BCUT2D eigenvalue weighted by Gasteiger charge is -2.36. The van der Waals surface area contributed by atoms with E-state index >= 15 is 0 Å². The average Bonchev–Trinajstić information content (AvgIpc) is 2.81. The fourth-order valence-corrected chi connectivity index (χ4v) is 4.47. The lowest BCUT2D eigenvalue weighted by atomic mass is 9.90. The van der Waals surface area contributed by atoms with Crippen molar-refractivity contribution in [1.82, 2.24) is 9.80 Å². The van der Waals surface area contributed by atoms with E-state index in [4.69, 9.17) is 0 Å². The summed E-state index contributed by atoms with van der Waals surface area (Å²) >= 11 is 1.77. The van der Waals surface area contributed by atoms with Crippen LogP contribution in [0.5, 0.6) is 0 Å². The minimum atomic E-state index is -0.238. The van der Waals surface area contributed by atoms with Crippen LogP contribution in [0.1, 0.15) is 22.6 Å². The van der Waals surface area contributed by atoms with Gasteiger partial charge in [-0.25, -0.2) is 0 Å². The summed E-state index contributed by atoms with van der Waals surface area (Å²) in [6, 6.07) is 29.1. The van der Waals surface area contributed by atoms with Gasteiger partial charge in [-0.05, 0) is 35.1 Å². The summed E-state index contributed by atoms with van der Waals surface area (Å²) in [5.41, 5.74) is 3.45. The first-order valence-electron chi connectivity index (χ1n) is 10.5. The van der Waals surface area contributed by atoms with Crippen LogP contribution in [0.15, 0.2) is 89.8 Å². The topological polar surface area (TPSA) is 23.6 Å². The van der Waals surface area contributed by atoms with Crippen LogP contribution < -0.4 is 0 Å². The van der Waals surface area contributed by atoms with Crippen molar-refractivity contribution in [2.24, 2.45) is 0 Å². The van der Waals surface area contributed by atoms with Gasteiger partial charge in [-0.3, -0.25) is 9.69 Å². The molecule has 1 amide bonds. The van der Waals surface area contributed by atoms with Crippen molar-refractivity contribution in [3.05, 3.63) is 102 Å². The van der Waals surface area contributed by atoms with Crippen molar-refractivity contribution in [3.8, 4) is 0 Å². The molecular weight excluding hydrogens is 388 g/mol. The molecule has 154 valence electrons. The minimum absolute atomic E-state index is 0.205. The maximum absolute atomic E-state index is 13.5. The van der Waals surface area contributed by atoms with Crippen molar-refractivity contribution in [1.29, 1.82) is 0 Å². The van der Waals surface area contributed by atoms with E-state index in [0.29, 0.717) is 0 Å². The highest BCUT2D eigenvalue weighted by Crippen LogP contribution is 2.27. The number of thioether (sulfide) groups is 1. The number of nitrogens with zero attached hydrogens (tertiary/aromatic N) is 2. The summed E-state index contributed by atoms with van der Waals surface area (Å²) in [5, 5.41) is 0. The summed E-state index contributed by atoms with van der Waals surface area (Å²) in [6.07, 6.45) is 2.10. The molecule has 1 aliphatic rings. The zero-order valence-corrected chi connectivity index (χ0v) is 18.2. The Morgan fingerprint density at radius 1 is 0.800 bits per heavy atom. The van der Waals surface area contributed by atoms with Gasteiger partial charge in [-0.1, -0.05) is 72.8 Å². The molecule has 3 aromatic rings. The number of amides is 1. The van der Waals surface area contributed by atoms with E-state index in [1.165, 1.54) is 10.5 Å². The predicted molar refractivity (Wildman–Crippen MR) is 125 cm³/mol. The molecule has 30 heavy (non-hydrogen) atoms. The second-order valence-electron chi connectivity index (χ2n) is 7.70. The highest BCUT2D eigenvalue weighted by molar-refractivity contribution is 7.98. The molecule has 4 rings (SSSR count). The third kappa shape index (κ3) is 4.94. The van der Waals surface area contributed by atoms with Gasteiger partial charge in [0.2, 0.25) is 5.91 Å². The molecule has 1 aliphatic heterocycles. The molecule has 0 aromatic heterocycles. The number of hydrogen-bond acceptors (Lipinski definition) is 3. The van der Waals surface area contributed by atoms with Crippen molar-refractivity contribution >= 4 is 17.7 Å². The first-order chi connectivity index (χ1) is 14.7. The molecule has 0 spiro atoms. The maximum Gasteiger partial charge on any atom is 0.234 e. The number of benzene rings is 3. The monoisotopic (exact) mass is 416 g/mol. The van der Waals surface area contributed by atoms with Gasteiger partial charge in [0.05, 0.1) is 5.92 Å². The fraction of sp³-hybridized carbons (Fsp3) is 0.269. The molecule has 1 fully saturated rings. The first kappa shape index (κ1) is 20.7. The molecule has 0 radical (unpaired) electrons. The molecule has 0 aliphatic carbocycles. The molecule has 0 unspecified atom stereocenters. The van der Waals surface area contributed by atoms with Crippen molar-refractivity contribution < 1.29 is 4.79 Å². The van der Waals surface area contributed by atoms with Gasteiger partial charge in [0.15, 0.2) is 0 Å². The minimum Gasteiger partial charge on any atom is -0.339 e. The van der Waals surface area contributed by atoms with E-state index in [1.807, 2.05) is 41.3 Å². The summed E-state index contributed by atoms with van der Waals surface area (Å²) in [4.78, 5) is 19.3. The van der Waals surface area contributed by atoms with Crippen molar-refractivity contribution in [3.63, 3.8) is 0 Å². The van der Waals surface area contributed by atoms with Crippen LogP contribution >= 0.6 is 11.8 Å². The Kier molecular flexibility index (Phi) is 6.88. The van der Waals surface area contributed by atoms with Gasteiger partial charge < -0.3 is 4.90 Å². The zero-order valence-electron chi connectivity index (χ0n) is 17.4. The Bertz CT molecular complexity index is 896. The van der Waals surface area contributed by atoms with E-state index in [2.05, 4.69) is 59.7 Å². The van der Waals surface area contributed by atoms with Gasteiger partial charge in [0.25, 0.3) is 0 Å². The van der Waals surface area contributed by atoms with E-state index in [0.717, 1.165) is 43.9 Å². The van der Waals surface area contributed by atoms with Crippen LogP contribution in [0.4, 0.5) is 0 Å². The number of piperazine rings is 1. The average molecular weight is 417 g/mol. The SMILES string of the molecule is CSc1ccc(CN2CCN(C(=O)C(c3ccccc3)c3ccccc3)CC2)cc1. The lowest BCUT2D eigenvalue weighted by Crippen LogP contribution is -2.49. The van der Waals surface area contributed by atoms with Gasteiger partial charge in [-0.15, -0.1) is 11.8 Å². The van der Waals surface area contributed by atoms with Crippen molar-refractivity contribution in [2.75, 3.05) is 32.4 Å². The molecule has 0 atom stereocenters. The second-order valence-corrected chi connectivity index (χ2v) is 8.58. The Morgan fingerprint density at radius 3 is 1.83 bits per heavy atom. The standard InChI is InChI=1S/C26H28N2OS/c1-30-24-14-12-21(13-15-24)20-27-16-18-28(19-17-27)26(29)25(22-8-4-2-5-9-22)23-10-6-3-7-11-23/h2-15,25H,16-20H2,1H3. The van der Waals surface area contributed by atoms with E-state index in [1.54, 1.807) is 11.8 Å². The molecule has 3 nitrogen and oxygen atoms in total. The van der Waals surface area contributed by atoms with E-state index in [-0.39, 0.29) is 11.8 Å². The third-order valence-corrected chi connectivity index (χ3v) is 6.51. The number of hydrogen-bond donors (Lipinski definition) is 0. The smallest absolute Gasteiger partial charge is 0.234 e. The largest absolute Gasteiger partial charge is 0.339 e. The molecule has 1 heterocycles. The Morgan fingerprint density at radius 2 is 1.33 bits per heavy atom. The normalized spacial score (nSPS) is 14.8. The summed E-state index contributed by atoms with van der Waals surface area (Å²) in [7, 11) is 0. The molecule has 1 saturated heterocycles. The van der Waals surface area contributed by atoms with Crippen LogP contribution in [0.3, 0.4) is 0 Å². The Balaban J connectivity index is 1.42. The summed E-state index contributed by atoms with van der Waals surface area (Å²) in [6.45, 7) is 4.31. The maximum atomic E-state index is 13.5. The Labute approximate surface area is 183 Å². The summed E-state index contributed by atoms with van der Waals surface area (Å²) < 4.78 is 0. The van der Waals surface area contributed by atoms with Crippen LogP contribution in [0.25, 0.3) is 0 Å². The fourth-order valence-electron chi connectivity index (χ4n) is 4.07. The second kappa shape index (κ2) is 9.96. The lowest BCUT2D eigenvalue weighted by molar-refractivity contribution is -0.133. The zero-order chi connectivity index (χ0) is 20.8. The molecule has 0 N–H and O–H groups in total. The molecular formula is C26H28N2OS. The highest BCUT2D eigenvalue weighted by atomic mass is 32.2. The predicted octanol–water partition coefficient (Wildman–Crippen LogP) is 4.88. The quantitative estimate of drug-likeness (QED) is 0.535. The van der Waals surface area contributed by atoms with Gasteiger partial charge >= 0.3 is 0 Å². The first-order valence-corrected chi connectivity index (χ1v) is 11.7. The highest BCUT2D eigenvalue weighted by Gasteiger charge is 2.29. The number of rotatable bonds is 6. The number of carbonyl (C=O) groups excluding carboxylic acids is 1. The van der Waals surface area contributed by atoms with Crippen molar-refractivity contribution in [2.45, 2.75) is 17.4 Å². The van der Waals surface area contributed by atoms with Gasteiger partial charge in [-0.2, -0.15) is 0 Å². The molecule has 3 aromatic carbocycles. The van der Waals surface area contributed by atoms with E-state index in [9.17, 15) is 4.79 Å². The van der Waals surface area contributed by atoms with Gasteiger partial charge in [0, 0.05) is 37.6 Å². The summed E-state index contributed by atoms with van der Waals surface area (Å²) in [5.74, 6) is -0.0330. The van der Waals surface area contributed by atoms with Crippen LogP contribution in [0.2, 0.25) is 0 Å².